The number of aliphatic imine (C=N–C) groups is 1. The highest BCUT2D eigenvalue weighted by Gasteiger charge is 2.21. The average molecular weight is 445 g/mol. The van der Waals surface area contributed by atoms with Crippen LogP contribution >= 0.6 is 11.6 Å². The van der Waals surface area contributed by atoms with Gasteiger partial charge in [-0.05, 0) is 49.1 Å². The highest BCUT2D eigenvalue weighted by Crippen LogP contribution is 2.16. The molecule has 0 aliphatic carbocycles. The third-order valence-corrected chi connectivity index (χ3v) is 6.28. The monoisotopic (exact) mass is 444 g/mol. The molecule has 4 rings (SSSR count). The van der Waals surface area contributed by atoms with Gasteiger partial charge in [-0.1, -0.05) is 23.7 Å². The van der Waals surface area contributed by atoms with E-state index in [1.807, 2.05) is 24.3 Å². The van der Waals surface area contributed by atoms with Gasteiger partial charge in [-0.15, -0.1) is 0 Å². The van der Waals surface area contributed by atoms with E-state index in [-0.39, 0.29) is 0 Å². The molecule has 2 saturated heterocycles. The molecule has 0 radical (unpaired) electrons. The van der Waals surface area contributed by atoms with Gasteiger partial charge in [-0.25, -0.2) is 0 Å². The first-order valence-electron chi connectivity index (χ1n) is 11.4. The molecule has 2 aromatic rings. The zero-order valence-corrected chi connectivity index (χ0v) is 18.8. The van der Waals surface area contributed by atoms with E-state index in [4.69, 9.17) is 25.7 Å². The van der Waals surface area contributed by atoms with Crippen molar-refractivity contribution in [2.24, 2.45) is 10.9 Å². The smallest absolute Gasteiger partial charge is 0.191 e. The van der Waals surface area contributed by atoms with Crippen molar-refractivity contribution < 1.29 is 9.15 Å². The highest BCUT2D eigenvalue weighted by atomic mass is 35.5. The first-order valence-corrected chi connectivity index (χ1v) is 11.7. The molecule has 0 bridgehead atoms. The molecule has 168 valence electrons. The zero-order valence-electron chi connectivity index (χ0n) is 18.1. The predicted octanol–water partition coefficient (Wildman–Crippen LogP) is 3.71. The maximum atomic E-state index is 6.00. The van der Waals surface area contributed by atoms with E-state index in [1.54, 1.807) is 6.26 Å². The summed E-state index contributed by atoms with van der Waals surface area (Å²) in [6, 6.07) is 12.6. The Bertz CT molecular complexity index is 795. The van der Waals surface area contributed by atoms with E-state index >= 15 is 0 Å². The predicted molar refractivity (Wildman–Crippen MR) is 125 cm³/mol. The highest BCUT2D eigenvalue weighted by molar-refractivity contribution is 6.30. The average Bonchev–Trinajstić information content (AvgIpc) is 3.49. The molecule has 31 heavy (non-hydrogen) atoms. The van der Waals surface area contributed by atoms with Gasteiger partial charge in [-0.2, -0.15) is 0 Å². The van der Waals surface area contributed by atoms with Crippen molar-refractivity contribution >= 4 is 17.6 Å². The molecule has 0 amide bonds. The lowest BCUT2D eigenvalue weighted by Crippen LogP contribution is -2.49. The summed E-state index contributed by atoms with van der Waals surface area (Å²) in [7, 11) is 0. The van der Waals surface area contributed by atoms with Gasteiger partial charge >= 0.3 is 0 Å². The largest absolute Gasteiger partial charge is 0.469 e. The van der Waals surface area contributed by atoms with E-state index in [0.29, 0.717) is 12.0 Å². The number of ether oxygens (including phenoxy) is 1. The van der Waals surface area contributed by atoms with Crippen LogP contribution in [-0.2, 0) is 17.7 Å². The normalized spacial score (nSPS) is 20.8. The Kier molecular flexibility index (Phi) is 8.27. The van der Waals surface area contributed by atoms with Crippen molar-refractivity contribution in [1.82, 2.24) is 15.5 Å². The molecule has 1 aromatic heterocycles. The standard InChI is InChI=1S/C24H33ClN4O2/c25-21-5-3-19(4-6-21)17-29-12-8-22(9-13-29)28-24(27-16-20-10-15-30-18-20)26-11-7-23-2-1-14-31-23/h1-6,14,20,22H,7-13,15-18H2,(H2,26,27,28). The Labute approximate surface area is 190 Å². The summed E-state index contributed by atoms with van der Waals surface area (Å²) in [5, 5.41) is 7.97. The van der Waals surface area contributed by atoms with Gasteiger partial charge in [0.2, 0.25) is 0 Å². The molecule has 1 aromatic carbocycles. The number of halogens is 1. The lowest BCUT2D eigenvalue weighted by atomic mass is 10.0. The van der Waals surface area contributed by atoms with Gasteiger partial charge in [0.15, 0.2) is 5.96 Å². The summed E-state index contributed by atoms with van der Waals surface area (Å²) in [5.74, 6) is 2.44. The summed E-state index contributed by atoms with van der Waals surface area (Å²) in [5.41, 5.74) is 1.32. The van der Waals surface area contributed by atoms with Gasteiger partial charge in [0.25, 0.3) is 0 Å². The third-order valence-electron chi connectivity index (χ3n) is 6.02. The third kappa shape index (κ3) is 7.27. The summed E-state index contributed by atoms with van der Waals surface area (Å²) >= 11 is 6.00. The van der Waals surface area contributed by atoms with Crippen molar-refractivity contribution in [2.45, 2.75) is 38.3 Å². The van der Waals surface area contributed by atoms with Crippen molar-refractivity contribution in [3.63, 3.8) is 0 Å². The van der Waals surface area contributed by atoms with Crippen molar-refractivity contribution in [3.05, 3.63) is 59.0 Å². The number of furan rings is 1. The van der Waals surface area contributed by atoms with Crippen molar-refractivity contribution in [1.29, 1.82) is 0 Å². The first kappa shape index (κ1) is 22.2. The lowest BCUT2D eigenvalue weighted by molar-refractivity contribution is 0.187. The van der Waals surface area contributed by atoms with Gasteiger partial charge in [-0.3, -0.25) is 9.89 Å². The Hall–Kier alpha value is -2.02. The Morgan fingerprint density at radius 2 is 1.97 bits per heavy atom. The van der Waals surface area contributed by atoms with E-state index in [2.05, 4.69) is 27.7 Å². The SMILES string of the molecule is Clc1ccc(CN2CCC(NC(=NCC3CCOC3)NCCc3ccco3)CC2)cc1. The van der Waals surface area contributed by atoms with Gasteiger partial charge < -0.3 is 19.8 Å². The van der Waals surface area contributed by atoms with Crippen LogP contribution < -0.4 is 10.6 Å². The summed E-state index contributed by atoms with van der Waals surface area (Å²) in [6.07, 6.45) is 5.89. The van der Waals surface area contributed by atoms with Crippen LogP contribution in [0.25, 0.3) is 0 Å². The topological polar surface area (TPSA) is 62.0 Å². The number of rotatable bonds is 8. The van der Waals surface area contributed by atoms with Gasteiger partial charge in [0, 0.05) is 62.7 Å². The Balaban J connectivity index is 1.25. The lowest BCUT2D eigenvalue weighted by Gasteiger charge is -2.33. The molecular formula is C24H33ClN4O2. The number of piperidine rings is 1. The number of hydrogen-bond acceptors (Lipinski definition) is 4. The van der Waals surface area contributed by atoms with E-state index in [0.717, 1.165) is 88.4 Å². The van der Waals surface area contributed by atoms with E-state index in [1.165, 1.54) is 5.56 Å². The van der Waals surface area contributed by atoms with Crippen LogP contribution in [-0.4, -0.2) is 56.3 Å². The maximum absolute atomic E-state index is 6.00. The molecule has 0 saturated carbocycles. The van der Waals surface area contributed by atoms with Crippen LogP contribution in [0.15, 0.2) is 52.1 Å². The summed E-state index contributed by atoms with van der Waals surface area (Å²) in [4.78, 5) is 7.38. The number of nitrogens with zero attached hydrogens (tertiary/aromatic N) is 2. The second kappa shape index (κ2) is 11.6. The fourth-order valence-corrected chi connectivity index (χ4v) is 4.26. The van der Waals surface area contributed by atoms with Crippen molar-refractivity contribution in [3.8, 4) is 0 Å². The molecule has 2 aliphatic rings. The maximum Gasteiger partial charge on any atom is 0.191 e. The molecule has 7 heteroatoms. The number of likely N-dealkylation sites (tertiary alicyclic amines) is 1. The quantitative estimate of drug-likeness (QED) is 0.480. The van der Waals surface area contributed by atoms with E-state index in [9.17, 15) is 0 Å². The summed E-state index contributed by atoms with van der Waals surface area (Å²) < 4.78 is 10.9. The van der Waals surface area contributed by atoms with Crippen LogP contribution in [0.4, 0.5) is 0 Å². The van der Waals surface area contributed by atoms with Crippen LogP contribution in [0.5, 0.6) is 0 Å². The zero-order chi connectivity index (χ0) is 21.3. The van der Waals surface area contributed by atoms with Gasteiger partial charge in [0.1, 0.15) is 5.76 Å². The Morgan fingerprint density at radius 3 is 2.68 bits per heavy atom. The molecule has 2 aliphatic heterocycles. The van der Waals surface area contributed by atoms with Crippen LogP contribution in [0.1, 0.15) is 30.6 Å². The molecule has 2 fully saturated rings. The second-order valence-electron chi connectivity index (χ2n) is 8.50. The molecule has 3 heterocycles. The fourth-order valence-electron chi connectivity index (χ4n) is 4.14. The second-order valence-corrected chi connectivity index (χ2v) is 8.93. The molecular weight excluding hydrogens is 412 g/mol. The molecule has 2 N–H and O–H groups in total. The first-order chi connectivity index (χ1) is 15.2. The minimum Gasteiger partial charge on any atom is -0.469 e. The Morgan fingerprint density at radius 1 is 1.13 bits per heavy atom. The van der Waals surface area contributed by atoms with Crippen LogP contribution in [0.3, 0.4) is 0 Å². The van der Waals surface area contributed by atoms with Crippen LogP contribution in [0.2, 0.25) is 5.02 Å². The van der Waals surface area contributed by atoms with Gasteiger partial charge in [0.05, 0.1) is 12.9 Å². The number of benzene rings is 1. The summed E-state index contributed by atoms with van der Waals surface area (Å²) in [6.45, 7) is 6.44. The van der Waals surface area contributed by atoms with Crippen molar-refractivity contribution in [2.75, 3.05) is 39.4 Å². The minimum atomic E-state index is 0.441. The fraction of sp³-hybridized carbons (Fsp3) is 0.542. The number of hydrogen-bond donors (Lipinski definition) is 2. The van der Waals surface area contributed by atoms with Crippen LogP contribution in [0, 0.1) is 5.92 Å². The minimum absolute atomic E-state index is 0.441. The molecule has 0 spiro atoms. The molecule has 1 unspecified atom stereocenters. The molecule has 6 nitrogen and oxygen atoms in total. The van der Waals surface area contributed by atoms with E-state index < -0.39 is 0 Å². The number of nitrogens with one attached hydrogen (secondary N) is 2. The molecule has 1 atom stereocenters. The number of guanidine groups is 1.